The molecule has 228 valence electrons. The molecule has 1 nitrogen and oxygen atoms in total. The van der Waals surface area contributed by atoms with E-state index in [1.165, 1.54) is 0 Å². The SMILES string of the molecule is [2H]c1c([2H])c([2H])c(-c2c([2H])c([2H])c3c(oc4c([2H])c([2H])c([2H])c(-c5c6ccccc6c(-c6c([2H])c([2H])c(-c7cccc8ccccc78)c([2H])c6[2H])c6ccccc56)c43)c2[2H])c([2H])c1[2H]. The monoisotopic (exact) mass is 637 g/mol. The number of furan rings is 1. The van der Waals surface area contributed by atoms with E-state index in [1.807, 2.05) is 36.4 Å². The van der Waals surface area contributed by atoms with E-state index in [4.69, 9.17) is 14.0 Å². The van der Waals surface area contributed by atoms with Crippen molar-refractivity contribution in [2.24, 2.45) is 0 Å². The molecule has 0 unspecified atom stereocenters. The van der Waals surface area contributed by atoms with Crippen LogP contribution in [0.2, 0.25) is 0 Å². The van der Waals surface area contributed by atoms with Crippen LogP contribution in [0.3, 0.4) is 0 Å². The van der Waals surface area contributed by atoms with Gasteiger partial charge in [0.2, 0.25) is 0 Å². The van der Waals surface area contributed by atoms with Crippen molar-refractivity contribution in [3.8, 4) is 44.5 Å². The summed E-state index contributed by atoms with van der Waals surface area (Å²) in [5, 5.41) is 3.31. The zero-order chi connectivity index (χ0) is 45.4. The van der Waals surface area contributed by atoms with E-state index in [-0.39, 0.29) is 62.8 Å². The van der Waals surface area contributed by atoms with Gasteiger partial charge in [0, 0.05) is 10.8 Å². The first-order valence-electron chi connectivity index (χ1n) is 23.1. The smallest absolute Gasteiger partial charge is 0.136 e. The Morgan fingerprint density at radius 1 is 0.367 bits per heavy atom. The van der Waals surface area contributed by atoms with Crippen molar-refractivity contribution in [3.63, 3.8) is 0 Å². The number of fused-ring (bicyclic) bond motifs is 6. The van der Waals surface area contributed by atoms with E-state index in [1.54, 1.807) is 54.6 Å². The lowest BCUT2D eigenvalue weighted by Gasteiger charge is -2.18. The molecule has 1 aromatic heterocycles. The van der Waals surface area contributed by atoms with E-state index < -0.39 is 77.6 Å². The highest BCUT2D eigenvalue weighted by Crippen LogP contribution is 2.47. The first kappa shape index (κ1) is 16.6. The fraction of sp³-hybridized carbons (Fsp3) is 0. The summed E-state index contributed by atoms with van der Waals surface area (Å²) in [6.45, 7) is 0. The van der Waals surface area contributed by atoms with Crippen molar-refractivity contribution in [3.05, 3.63) is 182 Å². The van der Waals surface area contributed by atoms with Crippen LogP contribution >= 0.6 is 0 Å². The van der Waals surface area contributed by atoms with Crippen molar-refractivity contribution < 1.29 is 25.0 Å². The second-order valence-corrected chi connectivity index (χ2v) is 11.6. The number of rotatable bonds is 4. The molecular weight excluding hydrogens is 593 g/mol. The Morgan fingerprint density at radius 3 is 1.71 bits per heavy atom. The van der Waals surface area contributed by atoms with Gasteiger partial charge in [-0.3, -0.25) is 0 Å². The van der Waals surface area contributed by atoms with Gasteiger partial charge in [0.15, 0.2) is 0 Å². The standard InChI is InChI=1S/C48H30O/c1-2-12-31(13-3-1)35-28-29-42-45(30-35)49-44-23-11-22-43(48(42)44)47-40-19-8-6-17-38(40)46(39-18-7-9-20-41(39)47)34-26-24-33(25-27-34)37-21-10-15-32-14-4-5-16-36(32)37/h1-30H/i1D,2D,3D,11D,12D,13D,22D,23D,24D,25D,26D,27D,28D,29D,30D. The normalized spacial score (nSPS) is 16.0. The van der Waals surface area contributed by atoms with E-state index in [9.17, 15) is 11.0 Å². The topological polar surface area (TPSA) is 13.1 Å². The van der Waals surface area contributed by atoms with Crippen LogP contribution in [-0.4, -0.2) is 0 Å². The zero-order valence-electron chi connectivity index (χ0n) is 40.6. The Labute approximate surface area is 305 Å². The molecule has 0 saturated carbocycles. The highest BCUT2D eigenvalue weighted by Gasteiger charge is 2.20. The Morgan fingerprint density at radius 2 is 0.980 bits per heavy atom. The predicted octanol–water partition coefficient (Wildman–Crippen LogP) is 13.7. The summed E-state index contributed by atoms with van der Waals surface area (Å²) in [7, 11) is 0. The number of hydrogen-bond donors (Lipinski definition) is 0. The van der Waals surface area contributed by atoms with Gasteiger partial charge in [-0.1, -0.05) is 164 Å². The third-order valence-electron chi connectivity index (χ3n) is 8.94. The van der Waals surface area contributed by atoms with Crippen LogP contribution in [0.5, 0.6) is 0 Å². The van der Waals surface area contributed by atoms with Gasteiger partial charge in [0.05, 0.1) is 20.6 Å². The third kappa shape index (κ3) is 4.40. The van der Waals surface area contributed by atoms with Crippen LogP contribution in [0.4, 0.5) is 0 Å². The molecule has 1 heterocycles. The molecule has 0 aliphatic rings. The van der Waals surface area contributed by atoms with Gasteiger partial charge in [-0.15, -0.1) is 0 Å². The highest BCUT2D eigenvalue weighted by atomic mass is 16.3. The maximum Gasteiger partial charge on any atom is 0.136 e. The van der Waals surface area contributed by atoms with E-state index in [2.05, 4.69) is 0 Å². The quantitative estimate of drug-likeness (QED) is 0.175. The third-order valence-corrected chi connectivity index (χ3v) is 8.94. The largest absolute Gasteiger partial charge is 0.456 e. The Hall–Kier alpha value is -6.44. The van der Waals surface area contributed by atoms with Gasteiger partial charge in [-0.2, -0.15) is 0 Å². The molecule has 9 aromatic carbocycles. The molecule has 0 amide bonds. The van der Waals surface area contributed by atoms with Gasteiger partial charge in [-0.25, -0.2) is 0 Å². The molecule has 0 saturated heterocycles. The fourth-order valence-electron chi connectivity index (χ4n) is 6.82. The molecule has 0 fully saturated rings. The molecule has 0 radical (unpaired) electrons. The molecule has 10 rings (SSSR count). The van der Waals surface area contributed by atoms with Gasteiger partial charge >= 0.3 is 0 Å². The molecule has 0 bridgehead atoms. The van der Waals surface area contributed by atoms with Gasteiger partial charge in [-0.05, 0) is 95.0 Å². The fourth-order valence-corrected chi connectivity index (χ4v) is 6.82. The first-order valence-corrected chi connectivity index (χ1v) is 15.6. The molecule has 10 aromatic rings. The zero-order valence-corrected chi connectivity index (χ0v) is 25.6. The molecule has 0 spiro atoms. The summed E-state index contributed by atoms with van der Waals surface area (Å²) in [6, 6.07) is 19.2. The summed E-state index contributed by atoms with van der Waals surface area (Å²) in [4.78, 5) is 0. The van der Waals surface area contributed by atoms with Crippen LogP contribution in [0.25, 0.3) is 98.8 Å². The first-order chi connectivity index (χ1) is 30.6. The lowest BCUT2D eigenvalue weighted by Crippen LogP contribution is -1.91. The molecule has 1 heteroatoms. The maximum absolute atomic E-state index is 9.51. The predicted molar refractivity (Wildman–Crippen MR) is 208 cm³/mol. The lowest BCUT2D eigenvalue weighted by molar-refractivity contribution is 0.669. The minimum atomic E-state index is -0.699. The second-order valence-electron chi connectivity index (χ2n) is 11.6. The minimum Gasteiger partial charge on any atom is -0.456 e. The van der Waals surface area contributed by atoms with E-state index >= 15 is 0 Å². The summed E-state index contributed by atoms with van der Waals surface area (Å²) in [6.07, 6.45) is 0. The van der Waals surface area contributed by atoms with Crippen LogP contribution < -0.4 is 0 Å². The molecule has 0 N–H and O–H groups in total. The van der Waals surface area contributed by atoms with Crippen LogP contribution in [0, 0.1) is 0 Å². The minimum absolute atomic E-state index is 0.0210. The molecule has 49 heavy (non-hydrogen) atoms. The van der Waals surface area contributed by atoms with Crippen molar-refractivity contribution in [2.45, 2.75) is 0 Å². The van der Waals surface area contributed by atoms with Crippen LogP contribution in [0.15, 0.2) is 186 Å². The van der Waals surface area contributed by atoms with Gasteiger partial charge in [0.25, 0.3) is 0 Å². The molecule has 0 atom stereocenters. The van der Waals surface area contributed by atoms with Crippen molar-refractivity contribution in [1.29, 1.82) is 0 Å². The average Bonchev–Trinajstić information content (AvgIpc) is 3.71. The Balaban J connectivity index is 1.33. The van der Waals surface area contributed by atoms with E-state index in [0.717, 1.165) is 10.8 Å². The number of hydrogen-bond acceptors (Lipinski definition) is 1. The van der Waals surface area contributed by atoms with Crippen molar-refractivity contribution in [2.75, 3.05) is 0 Å². The van der Waals surface area contributed by atoms with Crippen LogP contribution in [-0.2, 0) is 0 Å². The van der Waals surface area contributed by atoms with Gasteiger partial charge < -0.3 is 4.42 Å². The average molecular weight is 638 g/mol. The Bertz CT molecular complexity index is 3620. The summed E-state index contributed by atoms with van der Waals surface area (Å²) < 4.78 is 141. The van der Waals surface area contributed by atoms with E-state index in [0.29, 0.717) is 38.2 Å². The Kier molecular flexibility index (Phi) is 3.75. The van der Waals surface area contributed by atoms with Gasteiger partial charge in [0.1, 0.15) is 11.2 Å². The van der Waals surface area contributed by atoms with Crippen molar-refractivity contribution in [1.82, 2.24) is 0 Å². The van der Waals surface area contributed by atoms with Crippen LogP contribution in [0.1, 0.15) is 20.6 Å². The maximum atomic E-state index is 9.51. The molecular formula is C48H30O. The summed E-state index contributed by atoms with van der Waals surface area (Å²) in [5.41, 5.74) is -0.0556. The summed E-state index contributed by atoms with van der Waals surface area (Å²) >= 11 is 0. The van der Waals surface area contributed by atoms with Crippen molar-refractivity contribution >= 4 is 54.3 Å². The molecule has 0 aliphatic heterocycles. The molecule has 0 aliphatic carbocycles. The summed E-state index contributed by atoms with van der Waals surface area (Å²) in [5.74, 6) is 0. The lowest BCUT2D eigenvalue weighted by atomic mass is 9.84. The highest BCUT2D eigenvalue weighted by molar-refractivity contribution is 6.25. The number of benzene rings is 9. The second kappa shape index (κ2) is 11.1.